The van der Waals surface area contributed by atoms with E-state index < -0.39 is 0 Å². The second-order valence-corrected chi connectivity index (χ2v) is 5.03. The van der Waals surface area contributed by atoms with Crippen molar-refractivity contribution in [2.24, 2.45) is 0 Å². The highest BCUT2D eigenvalue weighted by atomic mass is 15.1. The van der Waals surface area contributed by atoms with Gasteiger partial charge in [0, 0.05) is 13.1 Å². The highest BCUT2D eigenvalue weighted by molar-refractivity contribution is 5.64. The van der Waals surface area contributed by atoms with Crippen molar-refractivity contribution in [1.82, 2.24) is 4.90 Å². The minimum absolute atomic E-state index is 0.761. The molecule has 0 atom stereocenters. The molecule has 0 unspecified atom stereocenters. The molecule has 0 aliphatic heterocycles. The van der Waals surface area contributed by atoms with Gasteiger partial charge in [-0.15, -0.1) is 5.92 Å². The molecule has 0 aliphatic carbocycles. The lowest BCUT2D eigenvalue weighted by Crippen LogP contribution is -2.25. The number of nitrogens with zero attached hydrogens (tertiary/aromatic N) is 1. The van der Waals surface area contributed by atoms with E-state index in [1.54, 1.807) is 0 Å². The van der Waals surface area contributed by atoms with Crippen LogP contribution in [-0.4, -0.2) is 18.0 Å². The van der Waals surface area contributed by atoms with Crippen LogP contribution >= 0.6 is 0 Å². The predicted octanol–water partition coefficient (Wildman–Crippen LogP) is 4.23. The van der Waals surface area contributed by atoms with Gasteiger partial charge in [0.1, 0.15) is 0 Å². The Morgan fingerprint density at radius 3 is 2.24 bits per heavy atom. The molecule has 0 fully saturated rings. The molecule has 0 N–H and O–H groups in total. The van der Waals surface area contributed by atoms with E-state index in [9.17, 15) is 0 Å². The maximum Gasteiger partial charge on any atom is 0.0607 e. The van der Waals surface area contributed by atoms with Crippen LogP contribution in [0.1, 0.15) is 18.1 Å². The normalized spacial score (nSPS) is 10.0. The summed E-state index contributed by atoms with van der Waals surface area (Å²) < 4.78 is 0. The molecule has 0 saturated carbocycles. The third kappa shape index (κ3) is 4.95. The van der Waals surface area contributed by atoms with Crippen LogP contribution in [0.2, 0.25) is 0 Å². The third-order valence-electron chi connectivity index (χ3n) is 3.32. The van der Waals surface area contributed by atoms with Crippen LogP contribution in [-0.2, 0) is 6.54 Å². The van der Waals surface area contributed by atoms with Crippen LogP contribution in [0.15, 0.2) is 67.2 Å². The van der Waals surface area contributed by atoms with Gasteiger partial charge in [-0.25, -0.2) is 0 Å². The Labute approximate surface area is 127 Å². The smallest absolute Gasteiger partial charge is 0.0607 e. The van der Waals surface area contributed by atoms with E-state index >= 15 is 0 Å². The Morgan fingerprint density at radius 2 is 1.62 bits per heavy atom. The van der Waals surface area contributed by atoms with Gasteiger partial charge in [-0.05, 0) is 23.6 Å². The molecule has 0 aromatic heterocycles. The number of hydrogen-bond donors (Lipinski definition) is 0. The minimum atomic E-state index is 0.761. The van der Waals surface area contributed by atoms with Gasteiger partial charge in [0.15, 0.2) is 0 Å². The molecule has 0 spiro atoms. The summed E-state index contributed by atoms with van der Waals surface area (Å²) in [7, 11) is 0. The van der Waals surface area contributed by atoms with Gasteiger partial charge in [-0.1, -0.05) is 73.2 Å². The Morgan fingerprint density at radius 1 is 1.00 bits per heavy atom. The zero-order chi connectivity index (χ0) is 14.9. The standard InChI is InChI=1S/C20H21N/c1-3-4-15-21(17-19-11-7-5-8-12-19)16-18(2)20-13-9-6-10-14-20/h5-14H,2,15-17H2,1H3. The Kier molecular flexibility index (Phi) is 5.82. The molecule has 0 heterocycles. The van der Waals surface area contributed by atoms with Crippen LogP contribution in [0.25, 0.3) is 5.57 Å². The average molecular weight is 275 g/mol. The zero-order valence-electron chi connectivity index (χ0n) is 12.5. The lowest BCUT2D eigenvalue weighted by Gasteiger charge is -2.21. The van der Waals surface area contributed by atoms with E-state index in [4.69, 9.17) is 0 Å². The summed E-state index contributed by atoms with van der Waals surface area (Å²) in [4.78, 5) is 2.32. The van der Waals surface area contributed by atoms with Crippen molar-refractivity contribution >= 4 is 5.57 Å². The largest absolute Gasteiger partial charge is 0.284 e. The first-order chi connectivity index (χ1) is 10.3. The molecule has 106 valence electrons. The molecular weight excluding hydrogens is 254 g/mol. The fourth-order valence-corrected chi connectivity index (χ4v) is 2.24. The van der Waals surface area contributed by atoms with Crippen LogP contribution in [0, 0.1) is 11.8 Å². The van der Waals surface area contributed by atoms with Gasteiger partial charge in [-0.3, -0.25) is 4.90 Å². The average Bonchev–Trinajstić information content (AvgIpc) is 2.54. The lowest BCUT2D eigenvalue weighted by molar-refractivity contribution is 0.337. The van der Waals surface area contributed by atoms with Crippen molar-refractivity contribution in [2.75, 3.05) is 13.1 Å². The van der Waals surface area contributed by atoms with E-state index in [-0.39, 0.29) is 0 Å². The lowest BCUT2D eigenvalue weighted by atomic mass is 10.1. The molecule has 2 aromatic rings. The topological polar surface area (TPSA) is 3.24 Å². The summed E-state index contributed by atoms with van der Waals surface area (Å²) in [6.07, 6.45) is 0. The highest BCUT2D eigenvalue weighted by Crippen LogP contribution is 2.15. The third-order valence-corrected chi connectivity index (χ3v) is 3.32. The van der Waals surface area contributed by atoms with E-state index in [2.05, 4.69) is 59.7 Å². The maximum atomic E-state index is 4.22. The molecular formula is C20H21N. The summed E-state index contributed by atoms with van der Waals surface area (Å²) in [6, 6.07) is 20.8. The molecule has 0 saturated heterocycles. The Balaban J connectivity index is 2.05. The van der Waals surface area contributed by atoms with Gasteiger partial charge in [0.2, 0.25) is 0 Å². The SMILES string of the molecule is C=C(CN(CC#CC)Cc1ccccc1)c1ccccc1. The van der Waals surface area contributed by atoms with Crippen molar-refractivity contribution in [3.05, 3.63) is 78.4 Å². The highest BCUT2D eigenvalue weighted by Gasteiger charge is 2.07. The predicted molar refractivity (Wildman–Crippen MR) is 90.6 cm³/mol. The zero-order valence-corrected chi connectivity index (χ0v) is 12.5. The van der Waals surface area contributed by atoms with E-state index in [1.807, 2.05) is 31.2 Å². The van der Waals surface area contributed by atoms with E-state index in [1.165, 1.54) is 11.1 Å². The summed E-state index contributed by atoms with van der Waals surface area (Å²) in [5.41, 5.74) is 3.63. The number of hydrogen-bond acceptors (Lipinski definition) is 1. The molecule has 0 amide bonds. The van der Waals surface area contributed by atoms with Crippen molar-refractivity contribution < 1.29 is 0 Å². The molecule has 2 aromatic carbocycles. The molecule has 2 rings (SSSR count). The first-order valence-corrected chi connectivity index (χ1v) is 7.18. The molecule has 21 heavy (non-hydrogen) atoms. The van der Waals surface area contributed by atoms with E-state index in [0.717, 1.165) is 25.2 Å². The second kappa shape index (κ2) is 8.09. The molecule has 0 radical (unpaired) electrons. The van der Waals surface area contributed by atoms with Gasteiger partial charge in [0.05, 0.1) is 6.54 Å². The Bertz CT molecular complexity index is 617. The van der Waals surface area contributed by atoms with Crippen molar-refractivity contribution in [3.63, 3.8) is 0 Å². The van der Waals surface area contributed by atoms with Crippen molar-refractivity contribution in [1.29, 1.82) is 0 Å². The summed E-state index contributed by atoms with van der Waals surface area (Å²) in [6.45, 7) is 8.58. The first-order valence-electron chi connectivity index (χ1n) is 7.18. The van der Waals surface area contributed by atoms with Crippen LogP contribution in [0.4, 0.5) is 0 Å². The molecule has 1 heteroatoms. The number of rotatable bonds is 6. The monoisotopic (exact) mass is 275 g/mol. The summed E-state index contributed by atoms with van der Waals surface area (Å²) >= 11 is 0. The van der Waals surface area contributed by atoms with Gasteiger partial charge >= 0.3 is 0 Å². The quantitative estimate of drug-likeness (QED) is 0.713. The van der Waals surface area contributed by atoms with Crippen molar-refractivity contribution in [2.45, 2.75) is 13.5 Å². The fourth-order valence-electron chi connectivity index (χ4n) is 2.24. The number of benzene rings is 2. The van der Waals surface area contributed by atoms with Gasteiger partial charge in [0.25, 0.3) is 0 Å². The molecule has 0 aliphatic rings. The summed E-state index contributed by atoms with van der Waals surface area (Å²) in [5, 5.41) is 0. The summed E-state index contributed by atoms with van der Waals surface area (Å²) in [5.74, 6) is 6.14. The minimum Gasteiger partial charge on any atom is -0.284 e. The van der Waals surface area contributed by atoms with Crippen molar-refractivity contribution in [3.8, 4) is 11.8 Å². The second-order valence-electron chi connectivity index (χ2n) is 5.03. The van der Waals surface area contributed by atoms with Crippen LogP contribution in [0.5, 0.6) is 0 Å². The van der Waals surface area contributed by atoms with Crippen LogP contribution in [0.3, 0.4) is 0 Å². The van der Waals surface area contributed by atoms with Crippen LogP contribution < -0.4 is 0 Å². The van der Waals surface area contributed by atoms with Gasteiger partial charge in [-0.2, -0.15) is 0 Å². The fraction of sp³-hybridized carbons (Fsp3) is 0.200. The molecule has 1 nitrogen and oxygen atoms in total. The molecule has 0 bridgehead atoms. The Hall–Kier alpha value is -2.30. The first kappa shape index (κ1) is 15.1. The van der Waals surface area contributed by atoms with Gasteiger partial charge < -0.3 is 0 Å². The maximum absolute atomic E-state index is 4.22. The van der Waals surface area contributed by atoms with E-state index in [0.29, 0.717) is 0 Å².